The number of carbonyl (C=O) groups is 1. The Hall–Kier alpha value is -1.52. The Bertz CT molecular complexity index is 502. The van der Waals surface area contributed by atoms with Crippen molar-refractivity contribution in [3.8, 4) is 0 Å². The van der Waals surface area contributed by atoms with Crippen LogP contribution >= 0.6 is 0 Å². The highest BCUT2D eigenvalue weighted by molar-refractivity contribution is 5.76. The molecule has 0 radical (unpaired) electrons. The summed E-state index contributed by atoms with van der Waals surface area (Å²) in [5.74, 6) is 0. The topological polar surface area (TPSA) is 55.5 Å². The van der Waals surface area contributed by atoms with Crippen molar-refractivity contribution < 1.29 is 9.32 Å². The van der Waals surface area contributed by atoms with Gasteiger partial charge in [-0.2, -0.15) is 0 Å². The Balaban J connectivity index is 2.83. The molecule has 0 aliphatic rings. The maximum absolute atomic E-state index is 12.4. The highest BCUT2D eigenvalue weighted by Crippen LogP contribution is 2.12. The van der Waals surface area contributed by atoms with Crippen LogP contribution in [0.2, 0.25) is 0 Å². The molecule has 5 heteroatoms. The Labute approximate surface area is 126 Å². The van der Waals surface area contributed by atoms with Gasteiger partial charge in [-0.25, -0.2) is 9.59 Å². The smallest absolute Gasteiger partial charge is 0.327 e. The van der Waals surface area contributed by atoms with E-state index in [2.05, 4.69) is 6.92 Å². The summed E-state index contributed by atoms with van der Waals surface area (Å²) in [6.07, 6.45) is 6.60. The van der Waals surface area contributed by atoms with Gasteiger partial charge in [0.15, 0.2) is 0 Å². The summed E-state index contributed by atoms with van der Waals surface area (Å²) in [6.45, 7) is 6.79. The van der Waals surface area contributed by atoms with E-state index in [0.717, 1.165) is 25.0 Å². The zero-order valence-electron chi connectivity index (χ0n) is 13.8. The van der Waals surface area contributed by atoms with Crippen LogP contribution in [0.1, 0.15) is 64.1 Å². The van der Waals surface area contributed by atoms with E-state index in [4.69, 9.17) is 4.52 Å². The zero-order valence-corrected chi connectivity index (χ0v) is 13.8. The van der Waals surface area contributed by atoms with Crippen LogP contribution in [0.3, 0.4) is 0 Å². The zero-order chi connectivity index (χ0) is 15.8. The SMILES string of the molecule is CCCCCCN(C)C(=O)n1oc(=O)c(CC)c1CCC. The van der Waals surface area contributed by atoms with E-state index < -0.39 is 0 Å². The lowest BCUT2D eigenvalue weighted by atomic mass is 10.1. The second-order valence-corrected chi connectivity index (χ2v) is 5.47. The van der Waals surface area contributed by atoms with Crippen molar-refractivity contribution in [2.45, 2.75) is 65.7 Å². The Morgan fingerprint density at radius 3 is 2.43 bits per heavy atom. The van der Waals surface area contributed by atoms with Crippen LogP contribution in [-0.2, 0) is 12.8 Å². The van der Waals surface area contributed by atoms with Crippen molar-refractivity contribution in [3.05, 3.63) is 21.7 Å². The van der Waals surface area contributed by atoms with Crippen molar-refractivity contribution >= 4 is 6.03 Å². The van der Waals surface area contributed by atoms with Crippen molar-refractivity contribution in [1.29, 1.82) is 0 Å². The Morgan fingerprint density at radius 1 is 1.14 bits per heavy atom. The minimum atomic E-state index is -0.381. The van der Waals surface area contributed by atoms with Gasteiger partial charge in [-0.1, -0.05) is 46.5 Å². The number of unbranched alkanes of at least 4 members (excludes halogenated alkanes) is 3. The number of hydrogen-bond acceptors (Lipinski definition) is 3. The van der Waals surface area contributed by atoms with Crippen LogP contribution in [0.5, 0.6) is 0 Å². The van der Waals surface area contributed by atoms with Crippen LogP contribution in [-0.4, -0.2) is 29.3 Å². The average Bonchev–Trinajstić information content (AvgIpc) is 2.79. The van der Waals surface area contributed by atoms with E-state index in [1.807, 2.05) is 13.8 Å². The monoisotopic (exact) mass is 296 g/mol. The first-order valence-corrected chi connectivity index (χ1v) is 8.06. The van der Waals surface area contributed by atoms with Crippen LogP contribution < -0.4 is 5.63 Å². The van der Waals surface area contributed by atoms with Gasteiger partial charge in [0.05, 0.1) is 11.3 Å². The van der Waals surface area contributed by atoms with Crippen molar-refractivity contribution in [2.75, 3.05) is 13.6 Å². The molecule has 0 saturated heterocycles. The highest BCUT2D eigenvalue weighted by atomic mass is 16.5. The average molecular weight is 296 g/mol. The molecule has 0 unspecified atom stereocenters. The summed E-state index contributed by atoms with van der Waals surface area (Å²) in [4.78, 5) is 25.9. The lowest BCUT2D eigenvalue weighted by Crippen LogP contribution is -2.32. The third-order valence-corrected chi connectivity index (χ3v) is 3.70. The highest BCUT2D eigenvalue weighted by Gasteiger charge is 2.22. The summed E-state index contributed by atoms with van der Waals surface area (Å²) in [5.41, 5.74) is 0.980. The van der Waals surface area contributed by atoms with Crippen LogP contribution in [0.25, 0.3) is 0 Å². The van der Waals surface area contributed by atoms with Gasteiger partial charge in [0.25, 0.3) is 0 Å². The Morgan fingerprint density at radius 2 is 1.86 bits per heavy atom. The van der Waals surface area contributed by atoms with Crippen LogP contribution in [0.4, 0.5) is 4.79 Å². The number of aromatic nitrogens is 1. The van der Waals surface area contributed by atoms with Crippen molar-refractivity contribution in [2.24, 2.45) is 0 Å². The molecule has 0 aliphatic heterocycles. The van der Waals surface area contributed by atoms with Gasteiger partial charge >= 0.3 is 11.7 Å². The fraction of sp³-hybridized carbons (Fsp3) is 0.750. The third-order valence-electron chi connectivity index (χ3n) is 3.70. The van der Waals surface area contributed by atoms with E-state index in [1.54, 1.807) is 11.9 Å². The van der Waals surface area contributed by atoms with E-state index >= 15 is 0 Å². The largest absolute Gasteiger partial charge is 0.361 e. The summed E-state index contributed by atoms with van der Waals surface area (Å²) >= 11 is 0. The molecule has 1 aromatic heterocycles. The van der Waals surface area contributed by atoms with Gasteiger partial charge in [-0.05, 0) is 19.3 Å². The van der Waals surface area contributed by atoms with Crippen LogP contribution in [0, 0.1) is 0 Å². The number of amides is 1. The standard InChI is InChI=1S/C16H28N2O3/c1-5-8-9-10-12-17(4)16(20)18-14(11-6-2)13(7-3)15(19)21-18/h5-12H2,1-4H3. The normalized spacial score (nSPS) is 10.9. The molecule has 0 fully saturated rings. The van der Waals surface area contributed by atoms with Gasteiger partial charge in [-0.15, -0.1) is 4.74 Å². The van der Waals surface area contributed by atoms with E-state index in [0.29, 0.717) is 24.9 Å². The second kappa shape index (κ2) is 8.70. The summed E-state index contributed by atoms with van der Waals surface area (Å²) < 4.78 is 6.37. The lowest BCUT2D eigenvalue weighted by Gasteiger charge is -2.17. The number of carbonyl (C=O) groups excluding carboxylic acids is 1. The maximum Gasteiger partial charge on any atom is 0.361 e. The van der Waals surface area contributed by atoms with Gasteiger partial charge in [0.1, 0.15) is 0 Å². The molecule has 0 N–H and O–H groups in total. The number of hydrogen-bond donors (Lipinski definition) is 0. The van der Waals surface area contributed by atoms with Crippen molar-refractivity contribution in [1.82, 2.24) is 9.64 Å². The van der Waals surface area contributed by atoms with Gasteiger partial charge < -0.3 is 9.42 Å². The first-order valence-electron chi connectivity index (χ1n) is 8.06. The van der Waals surface area contributed by atoms with Crippen molar-refractivity contribution in [3.63, 3.8) is 0 Å². The molecule has 0 saturated carbocycles. The molecular formula is C16H28N2O3. The fourth-order valence-electron chi connectivity index (χ4n) is 2.45. The van der Waals surface area contributed by atoms with E-state index in [9.17, 15) is 9.59 Å². The molecule has 0 bridgehead atoms. The van der Waals surface area contributed by atoms with E-state index in [-0.39, 0.29) is 11.7 Å². The fourth-order valence-corrected chi connectivity index (χ4v) is 2.45. The summed E-state index contributed by atoms with van der Waals surface area (Å²) in [7, 11) is 1.76. The van der Waals surface area contributed by atoms with E-state index in [1.165, 1.54) is 17.6 Å². The first-order chi connectivity index (χ1) is 10.1. The predicted molar refractivity (Wildman–Crippen MR) is 83.9 cm³/mol. The number of nitrogens with zero attached hydrogens (tertiary/aromatic N) is 2. The molecule has 0 atom stereocenters. The van der Waals surface area contributed by atoms with Gasteiger partial charge in [0, 0.05) is 13.6 Å². The minimum Gasteiger partial charge on any atom is -0.327 e. The molecule has 0 spiro atoms. The summed E-state index contributed by atoms with van der Waals surface area (Å²) in [6, 6.07) is -0.244. The van der Waals surface area contributed by atoms with Gasteiger partial charge in [-0.3, -0.25) is 0 Å². The first kappa shape index (κ1) is 17.5. The molecule has 1 heterocycles. The molecule has 1 amide bonds. The molecule has 120 valence electrons. The number of rotatable bonds is 8. The molecule has 21 heavy (non-hydrogen) atoms. The molecule has 0 aliphatic carbocycles. The quantitative estimate of drug-likeness (QED) is 0.690. The molecule has 1 rings (SSSR count). The molecule has 0 aromatic carbocycles. The Kier molecular flexibility index (Phi) is 7.26. The predicted octanol–water partition coefficient (Wildman–Crippen LogP) is 3.44. The van der Waals surface area contributed by atoms with Gasteiger partial charge in [0.2, 0.25) is 0 Å². The van der Waals surface area contributed by atoms with Crippen LogP contribution in [0.15, 0.2) is 9.32 Å². The maximum atomic E-state index is 12.4. The molecule has 5 nitrogen and oxygen atoms in total. The summed E-state index contributed by atoms with van der Waals surface area (Å²) in [5, 5.41) is 0. The lowest BCUT2D eigenvalue weighted by molar-refractivity contribution is 0.172. The molecular weight excluding hydrogens is 268 g/mol. The molecule has 1 aromatic rings. The third kappa shape index (κ3) is 4.48. The second-order valence-electron chi connectivity index (χ2n) is 5.47. The minimum absolute atomic E-state index is 0.244.